The third-order valence-electron chi connectivity index (χ3n) is 4.07. The monoisotopic (exact) mass is 261 g/mol. The van der Waals surface area contributed by atoms with Crippen molar-refractivity contribution in [2.75, 3.05) is 13.1 Å². The Labute approximate surface area is 112 Å². The maximum Gasteiger partial charge on any atom is 0.125 e. The standard InChI is InChI=1S/C15H20FN3/c1-3-8-19-13-5-4-11(16)9-12(13)18-14(19)15(2)6-7-17-10-15/h4-5,9,17H,3,6-8,10H2,1-2H3. The number of rotatable bonds is 3. The second-order valence-corrected chi connectivity index (χ2v) is 5.71. The number of nitrogens with zero attached hydrogens (tertiary/aromatic N) is 2. The van der Waals surface area contributed by atoms with E-state index in [0.29, 0.717) is 0 Å². The van der Waals surface area contributed by atoms with Crippen LogP contribution in [0.4, 0.5) is 4.39 Å². The smallest absolute Gasteiger partial charge is 0.125 e. The van der Waals surface area contributed by atoms with Gasteiger partial charge in [-0.25, -0.2) is 9.37 Å². The molecule has 0 radical (unpaired) electrons. The zero-order valence-electron chi connectivity index (χ0n) is 11.5. The Bertz CT molecular complexity index is 597. The molecule has 1 saturated heterocycles. The summed E-state index contributed by atoms with van der Waals surface area (Å²) in [5, 5.41) is 3.41. The average molecular weight is 261 g/mol. The molecule has 1 aromatic carbocycles. The summed E-state index contributed by atoms with van der Waals surface area (Å²) in [5.41, 5.74) is 1.88. The van der Waals surface area contributed by atoms with E-state index in [-0.39, 0.29) is 11.2 Å². The fourth-order valence-corrected chi connectivity index (χ4v) is 3.02. The van der Waals surface area contributed by atoms with Gasteiger partial charge >= 0.3 is 0 Å². The number of hydrogen-bond donors (Lipinski definition) is 1. The van der Waals surface area contributed by atoms with Gasteiger partial charge in [-0.1, -0.05) is 13.8 Å². The molecule has 0 amide bonds. The summed E-state index contributed by atoms with van der Waals surface area (Å²) in [4.78, 5) is 4.73. The van der Waals surface area contributed by atoms with E-state index >= 15 is 0 Å². The first-order valence-electron chi connectivity index (χ1n) is 7.01. The first kappa shape index (κ1) is 12.6. The van der Waals surface area contributed by atoms with Crippen molar-refractivity contribution in [1.29, 1.82) is 0 Å². The predicted octanol–water partition coefficient (Wildman–Crippen LogP) is 2.84. The van der Waals surface area contributed by atoms with Crippen LogP contribution in [0.3, 0.4) is 0 Å². The second-order valence-electron chi connectivity index (χ2n) is 5.71. The van der Waals surface area contributed by atoms with Gasteiger partial charge in [0.1, 0.15) is 11.6 Å². The summed E-state index contributed by atoms with van der Waals surface area (Å²) in [7, 11) is 0. The molecule has 19 heavy (non-hydrogen) atoms. The highest BCUT2D eigenvalue weighted by Gasteiger charge is 2.35. The van der Waals surface area contributed by atoms with Crippen LogP contribution in [-0.4, -0.2) is 22.6 Å². The van der Waals surface area contributed by atoms with Gasteiger partial charge in [-0.15, -0.1) is 0 Å². The first-order valence-corrected chi connectivity index (χ1v) is 7.01. The van der Waals surface area contributed by atoms with Gasteiger partial charge in [0.25, 0.3) is 0 Å². The molecule has 1 aromatic heterocycles. The molecule has 2 heterocycles. The number of imidazole rings is 1. The third-order valence-corrected chi connectivity index (χ3v) is 4.07. The van der Waals surface area contributed by atoms with Crippen molar-refractivity contribution in [3.8, 4) is 0 Å². The van der Waals surface area contributed by atoms with E-state index in [0.717, 1.165) is 49.3 Å². The van der Waals surface area contributed by atoms with Crippen LogP contribution in [0, 0.1) is 5.82 Å². The third kappa shape index (κ3) is 2.04. The topological polar surface area (TPSA) is 29.9 Å². The number of nitrogens with one attached hydrogen (secondary N) is 1. The van der Waals surface area contributed by atoms with Crippen molar-refractivity contribution in [1.82, 2.24) is 14.9 Å². The van der Waals surface area contributed by atoms with Crippen LogP contribution < -0.4 is 5.32 Å². The van der Waals surface area contributed by atoms with E-state index < -0.39 is 0 Å². The molecule has 3 rings (SSSR count). The Hall–Kier alpha value is -1.42. The van der Waals surface area contributed by atoms with Crippen molar-refractivity contribution in [3.05, 3.63) is 29.8 Å². The number of halogens is 1. The van der Waals surface area contributed by atoms with Crippen molar-refractivity contribution in [2.45, 2.75) is 38.6 Å². The number of hydrogen-bond acceptors (Lipinski definition) is 2. The van der Waals surface area contributed by atoms with Gasteiger partial charge in [-0.2, -0.15) is 0 Å². The van der Waals surface area contributed by atoms with Gasteiger partial charge in [-0.3, -0.25) is 0 Å². The minimum absolute atomic E-state index is 0.0602. The Balaban J connectivity index is 2.19. The summed E-state index contributed by atoms with van der Waals surface area (Å²) in [6, 6.07) is 4.91. The normalized spacial score (nSPS) is 23.3. The van der Waals surface area contributed by atoms with E-state index in [1.54, 1.807) is 0 Å². The lowest BCUT2D eigenvalue weighted by atomic mass is 9.89. The van der Waals surface area contributed by atoms with Crippen LogP contribution in [0.15, 0.2) is 18.2 Å². The molecule has 3 nitrogen and oxygen atoms in total. The number of benzene rings is 1. The zero-order chi connectivity index (χ0) is 13.5. The van der Waals surface area contributed by atoms with Gasteiger partial charge in [0.05, 0.1) is 11.0 Å². The largest absolute Gasteiger partial charge is 0.327 e. The Morgan fingerprint density at radius 1 is 1.47 bits per heavy atom. The summed E-state index contributed by atoms with van der Waals surface area (Å²) in [5.74, 6) is 0.884. The van der Waals surface area contributed by atoms with Crippen molar-refractivity contribution in [3.63, 3.8) is 0 Å². The van der Waals surface area contributed by atoms with Gasteiger partial charge < -0.3 is 9.88 Å². The lowest BCUT2D eigenvalue weighted by Gasteiger charge is -2.23. The molecule has 0 aliphatic carbocycles. The van der Waals surface area contributed by atoms with Crippen LogP contribution in [-0.2, 0) is 12.0 Å². The zero-order valence-corrected chi connectivity index (χ0v) is 11.5. The highest BCUT2D eigenvalue weighted by atomic mass is 19.1. The van der Waals surface area contributed by atoms with Gasteiger partial charge in [0, 0.05) is 24.6 Å². The van der Waals surface area contributed by atoms with Crippen molar-refractivity contribution < 1.29 is 4.39 Å². The molecule has 1 fully saturated rings. The van der Waals surface area contributed by atoms with Crippen LogP contribution in [0.25, 0.3) is 11.0 Å². The molecule has 0 spiro atoms. The van der Waals surface area contributed by atoms with Crippen molar-refractivity contribution in [2.24, 2.45) is 0 Å². The first-order chi connectivity index (χ1) is 9.14. The van der Waals surface area contributed by atoms with Crippen LogP contribution in [0.5, 0.6) is 0 Å². The number of fused-ring (bicyclic) bond motifs is 1. The molecule has 1 unspecified atom stereocenters. The highest BCUT2D eigenvalue weighted by Crippen LogP contribution is 2.32. The molecule has 1 atom stereocenters. The second kappa shape index (κ2) is 4.60. The average Bonchev–Trinajstić information content (AvgIpc) is 2.95. The Morgan fingerprint density at radius 2 is 2.32 bits per heavy atom. The maximum absolute atomic E-state index is 13.4. The van der Waals surface area contributed by atoms with Crippen LogP contribution >= 0.6 is 0 Å². The van der Waals surface area contributed by atoms with E-state index in [1.165, 1.54) is 12.1 Å². The SMILES string of the molecule is CCCn1c(C2(C)CCNC2)nc2cc(F)ccc21. The minimum atomic E-state index is -0.213. The van der Waals surface area contributed by atoms with E-state index in [9.17, 15) is 4.39 Å². The molecule has 1 aliphatic rings. The van der Waals surface area contributed by atoms with E-state index in [4.69, 9.17) is 4.98 Å². The molecular weight excluding hydrogens is 241 g/mol. The van der Waals surface area contributed by atoms with Gasteiger partial charge in [0.2, 0.25) is 0 Å². The lowest BCUT2D eigenvalue weighted by molar-refractivity contribution is 0.458. The van der Waals surface area contributed by atoms with Gasteiger partial charge in [-0.05, 0) is 31.5 Å². The summed E-state index contributed by atoms with van der Waals surface area (Å²) in [6.45, 7) is 7.32. The fraction of sp³-hybridized carbons (Fsp3) is 0.533. The molecule has 1 aliphatic heterocycles. The lowest BCUT2D eigenvalue weighted by Crippen LogP contribution is -2.29. The van der Waals surface area contributed by atoms with E-state index in [1.807, 2.05) is 6.07 Å². The quantitative estimate of drug-likeness (QED) is 0.920. The van der Waals surface area contributed by atoms with Crippen LogP contribution in [0.2, 0.25) is 0 Å². The van der Waals surface area contributed by atoms with E-state index in [2.05, 4.69) is 23.7 Å². The molecule has 102 valence electrons. The fourth-order valence-electron chi connectivity index (χ4n) is 3.02. The summed E-state index contributed by atoms with van der Waals surface area (Å²) < 4.78 is 15.6. The predicted molar refractivity (Wildman–Crippen MR) is 74.8 cm³/mol. The number of aryl methyl sites for hydroxylation is 1. The molecule has 0 saturated carbocycles. The Morgan fingerprint density at radius 3 is 3.00 bits per heavy atom. The molecule has 2 aromatic rings. The van der Waals surface area contributed by atoms with Crippen molar-refractivity contribution >= 4 is 11.0 Å². The Kier molecular flexibility index (Phi) is 3.05. The number of aromatic nitrogens is 2. The van der Waals surface area contributed by atoms with Gasteiger partial charge in [0.15, 0.2) is 0 Å². The molecular formula is C15H20FN3. The van der Waals surface area contributed by atoms with Crippen LogP contribution in [0.1, 0.15) is 32.5 Å². The molecule has 0 bridgehead atoms. The summed E-state index contributed by atoms with van der Waals surface area (Å²) >= 11 is 0. The summed E-state index contributed by atoms with van der Waals surface area (Å²) in [6.07, 6.45) is 2.14. The minimum Gasteiger partial charge on any atom is -0.327 e. The molecule has 1 N–H and O–H groups in total. The highest BCUT2D eigenvalue weighted by molar-refractivity contribution is 5.76. The maximum atomic E-state index is 13.4. The molecule has 4 heteroatoms.